The Hall–Kier alpha value is -2.86. The van der Waals surface area contributed by atoms with Crippen molar-refractivity contribution in [1.29, 1.82) is 0 Å². The number of hydrogen-bond donors (Lipinski definition) is 2. The second-order valence-corrected chi connectivity index (χ2v) is 6.52. The number of para-hydroxylation sites is 1. The van der Waals surface area contributed by atoms with Crippen molar-refractivity contribution in [2.75, 3.05) is 18.5 Å². The van der Waals surface area contributed by atoms with Crippen LogP contribution in [-0.4, -0.2) is 35.4 Å². The number of rotatable bonds is 5. The van der Waals surface area contributed by atoms with Crippen LogP contribution < -0.4 is 10.1 Å². The van der Waals surface area contributed by atoms with Crippen LogP contribution in [0.3, 0.4) is 0 Å². The number of carbonyl (C=O) groups excluding carboxylic acids is 1. The van der Waals surface area contributed by atoms with E-state index in [0.29, 0.717) is 23.7 Å². The summed E-state index contributed by atoms with van der Waals surface area (Å²) in [5.41, 5.74) is 2.89. The first kappa shape index (κ1) is 16.6. The molecular formula is C20H21N3O3. The van der Waals surface area contributed by atoms with Crippen molar-refractivity contribution in [3.63, 3.8) is 0 Å². The van der Waals surface area contributed by atoms with Gasteiger partial charge in [0.05, 0.1) is 17.3 Å². The van der Waals surface area contributed by atoms with Crippen molar-refractivity contribution in [1.82, 2.24) is 10.2 Å². The van der Waals surface area contributed by atoms with E-state index < -0.39 is 0 Å². The van der Waals surface area contributed by atoms with Crippen LogP contribution in [0.5, 0.6) is 5.75 Å². The first-order chi connectivity index (χ1) is 12.7. The molecule has 1 fully saturated rings. The first-order valence-electron chi connectivity index (χ1n) is 8.80. The molecule has 2 aromatic carbocycles. The molecule has 26 heavy (non-hydrogen) atoms. The van der Waals surface area contributed by atoms with Gasteiger partial charge >= 0.3 is 0 Å². The average Bonchev–Trinajstić information content (AvgIpc) is 3.31. The Morgan fingerprint density at radius 2 is 2.23 bits per heavy atom. The largest absolute Gasteiger partial charge is 0.489 e. The van der Waals surface area contributed by atoms with Gasteiger partial charge in [0.1, 0.15) is 12.4 Å². The van der Waals surface area contributed by atoms with Crippen molar-refractivity contribution in [2.45, 2.75) is 25.9 Å². The van der Waals surface area contributed by atoms with Crippen LogP contribution >= 0.6 is 0 Å². The van der Waals surface area contributed by atoms with Gasteiger partial charge in [0.2, 0.25) is 0 Å². The van der Waals surface area contributed by atoms with Gasteiger partial charge in [-0.2, -0.15) is 5.10 Å². The summed E-state index contributed by atoms with van der Waals surface area (Å²) in [6, 6.07) is 13.3. The van der Waals surface area contributed by atoms with Crippen molar-refractivity contribution < 1.29 is 14.3 Å². The van der Waals surface area contributed by atoms with E-state index in [4.69, 9.17) is 9.47 Å². The molecule has 0 radical (unpaired) electrons. The Morgan fingerprint density at radius 1 is 1.35 bits per heavy atom. The highest BCUT2D eigenvalue weighted by Gasteiger charge is 2.19. The molecule has 0 aliphatic carbocycles. The third-order valence-corrected chi connectivity index (χ3v) is 4.52. The van der Waals surface area contributed by atoms with Gasteiger partial charge < -0.3 is 14.8 Å². The molecule has 6 nitrogen and oxygen atoms in total. The van der Waals surface area contributed by atoms with Crippen molar-refractivity contribution in [3.05, 3.63) is 53.7 Å². The summed E-state index contributed by atoms with van der Waals surface area (Å²) in [5.74, 6) is 0.377. The minimum Gasteiger partial charge on any atom is -0.489 e. The van der Waals surface area contributed by atoms with Crippen molar-refractivity contribution >= 4 is 22.5 Å². The number of aromatic nitrogens is 2. The SMILES string of the molecule is Cc1ccc(NC(=O)c2n[nH]c3ccccc23)c(OCC2CCCO2)c1. The van der Waals surface area contributed by atoms with Gasteiger partial charge in [-0.1, -0.05) is 24.3 Å². The predicted molar refractivity (Wildman–Crippen MR) is 99.7 cm³/mol. The standard InChI is InChI=1S/C20H21N3O3/c1-13-8-9-17(18(11-13)26-12-14-5-4-10-25-14)21-20(24)19-15-6-2-3-7-16(15)22-23-19/h2-3,6-9,11,14H,4-5,10,12H2,1H3,(H,21,24)(H,22,23). The zero-order valence-electron chi connectivity index (χ0n) is 14.6. The third-order valence-electron chi connectivity index (χ3n) is 4.52. The average molecular weight is 351 g/mol. The molecule has 2 N–H and O–H groups in total. The van der Waals surface area contributed by atoms with Gasteiger partial charge in [-0.25, -0.2) is 0 Å². The fourth-order valence-electron chi connectivity index (χ4n) is 3.13. The van der Waals surface area contributed by atoms with E-state index in [-0.39, 0.29) is 12.0 Å². The van der Waals surface area contributed by atoms with Crippen LogP contribution in [0.1, 0.15) is 28.9 Å². The fraction of sp³-hybridized carbons (Fsp3) is 0.300. The zero-order valence-corrected chi connectivity index (χ0v) is 14.6. The number of H-pyrrole nitrogens is 1. The highest BCUT2D eigenvalue weighted by Crippen LogP contribution is 2.28. The van der Waals surface area contributed by atoms with Gasteiger partial charge in [-0.15, -0.1) is 0 Å². The Bertz CT molecular complexity index is 929. The molecule has 4 rings (SSSR count). The van der Waals surface area contributed by atoms with Crippen molar-refractivity contribution in [2.24, 2.45) is 0 Å². The molecular weight excluding hydrogens is 330 g/mol. The zero-order chi connectivity index (χ0) is 17.9. The lowest BCUT2D eigenvalue weighted by Gasteiger charge is -2.15. The summed E-state index contributed by atoms with van der Waals surface area (Å²) in [4.78, 5) is 12.7. The minimum atomic E-state index is -0.270. The lowest BCUT2D eigenvalue weighted by Crippen LogP contribution is -2.18. The van der Waals surface area contributed by atoms with E-state index >= 15 is 0 Å². The van der Waals surface area contributed by atoms with Crippen LogP contribution in [0.2, 0.25) is 0 Å². The van der Waals surface area contributed by atoms with Crippen LogP contribution in [-0.2, 0) is 4.74 Å². The molecule has 3 aromatic rings. The normalized spacial score (nSPS) is 16.7. The molecule has 2 heterocycles. The number of hydrogen-bond acceptors (Lipinski definition) is 4. The lowest BCUT2D eigenvalue weighted by atomic mass is 10.2. The third kappa shape index (κ3) is 3.41. The van der Waals surface area contributed by atoms with E-state index in [2.05, 4.69) is 15.5 Å². The van der Waals surface area contributed by atoms with E-state index in [0.717, 1.165) is 35.9 Å². The monoisotopic (exact) mass is 351 g/mol. The molecule has 0 saturated carbocycles. The molecule has 6 heteroatoms. The summed E-state index contributed by atoms with van der Waals surface area (Å²) in [6.07, 6.45) is 2.19. The van der Waals surface area contributed by atoms with E-state index in [1.807, 2.05) is 49.4 Å². The first-order valence-corrected chi connectivity index (χ1v) is 8.80. The smallest absolute Gasteiger partial charge is 0.276 e. The maximum atomic E-state index is 12.7. The number of amides is 1. The minimum absolute atomic E-state index is 0.120. The van der Waals surface area contributed by atoms with E-state index in [9.17, 15) is 4.79 Å². The van der Waals surface area contributed by atoms with Crippen LogP contribution in [0.4, 0.5) is 5.69 Å². The van der Waals surface area contributed by atoms with Gasteiger partial charge in [-0.3, -0.25) is 9.89 Å². The van der Waals surface area contributed by atoms with E-state index in [1.165, 1.54) is 0 Å². The molecule has 1 aromatic heterocycles. The number of fused-ring (bicyclic) bond motifs is 1. The number of aromatic amines is 1. The highest BCUT2D eigenvalue weighted by molar-refractivity contribution is 6.11. The van der Waals surface area contributed by atoms with Gasteiger partial charge in [0.25, 0.3) is 5.91 Å². The molecule has 1 saturated heterocycles. The number of nitrogens with zero attached hydrogens (tertiary/aromatic N) is 1. The van der Waals surface area contributed by atoms with Gasteiger partial charge in [0, 0.05) is 12.0 Å². The second-order valence-electron chi connectivity index (χ2n) is 6.52. The van der Waals surface area contributed by atoms with Crippen LogP contribution in [0.15, 0.2) is 42.5 Å². The number of nitrogens with one attached hydrogen (secondary N) is 2. The summed E-state index contributed by atoms with van der Waals surface area (Å²) < 4.78 is 11.5. The second kappa shape index (κ2) is 7.17. The number of anilines is 1. The summed E-state index contributed by atoms with van der Waals surface area (Å²) in [6.45, 7) is 3.26. The van der Waals surface area contributed by atoms with Crippen molar-refractivity contribution in [3.8, 4) is 5.75 Å². The molecule has 0 spiro atoms. The molecule has 1 aliphatic heterocycles. The topological polar surface area (TPSA) is 76.2 Å². The Morgan fingerprint density at radius 3 is 3.08 bits per heavy atom. The van der Waals surface area contributed by atoms with Gasteiger partial charge in [0.15, 0.2) is 5.69 Å². The van der Waals surface area contributed by atoms with Crippen LogP contribution in [0, 0.1) is 6.92 Å². The number of carbonyl (C=O) groups is 1. The number of aryl methyl sites for hydroxylation is 1. The molecule has 0 bridgehead atoms. The van der Waals surface area contributed by atoms with Gasteiger partial charge in [-0.05, 0) is 43.5 Å². The van der Waals surface area contributed by atoms with Crippen LogP contribution in [0.25, 0.3) is 10.9 Å². The van der Waals surface area contributed by atoms with E-state index in [1.54, 1.807) is 0 Å². The Kier molecular flexibility index (Phi) is 4.58. The molecule has 1 aliphatic rings. The lowest BCUT2D eigenvalue weighted by molar-refractivity contribution is 0.0681. The summed E-state index contributed by atoms with van der Waals surface area (Å²) in [7, 11) is 0. The number of ether oxygens (including phenoxy) is 2. The molecule has 134 valence electrons. The summed E-state index contributed by atoms with van der Waals surface area (Å²) >= 11 is 0. The molecule has 1 amide bonds. The Labute approximate surface area is 151 Å². The summed E-state index contributed by atoms with van der Waals surface area (Å²) in [5, 5.41) is 10.7. The Balaban J connectivity index is 1.54. The molecule has 1 unspecified atom stereocenters. The maximum Gasteiger partial charge on any atom is 0.276 e. The quantitative estimate of drug-likeness (QED) is 0.735. The predicted octanol–water partition coefficient (Wildman–Crippen LogP) is 3.68. The fourth-order valence-corrected chi connectivity index (χ4v) is 3.13. The molecule has 1 atom stereocenters. The number of benzene rings is 2. The highest BCUT2D eigenvalue weighted by atomic mass is 16.5. The maximum absolute atomic E-state index is 12.7.